The second kappa shape index (κ2) is 6.44. The molecule has 0 radical (unpaired) electrons. The van der Waals surface area contributed by atoms with E-state index in [4.69, 9.17) is 0 Å². The molecule has 84 valence electrons. The van der Waals surface area contributed by atoms with E-state index in [1.165, 1.54) is 51.5 Å². The van der Waals surface area contributed by atoms with Crippen LogP contribution in [0.5, 0.6) is 0 Å². The molecule has 0 aromatic carbocycles. The molecule has 0 aromatic heterocycles. The summed E-state index contributed by atoms with van der Waals surface area (Å²) in [5.41, 5.74) is 0. The molecule has 1 saturated carbocycles. The Labute approximate surface area is 89.9 Å². The molecular formula is C13H27N. The van der Waals surface area contributed by atoms with Gasteiger partial charge in [0.15, 0.2) is 0 Å². The molecule has 0 spiro atoms. The molecule has 1 aliphatic rings. The van der Waals surface area contributed by atoms with Crippen molar-refractivity contribution < 1.29 is 0 Å². The van der Waals surface area contributed by atoms with E-state index in [2.05, 4.69) is 25.8 Å². The van der Waals surface area contributed by atoms with E-state index in [0.29, 0.717) is 0 Å². The average molecular weight is 197 g/mol. The van der Waals surface area contributed by atoms with Crippen LogP contribution in [0.25, 0.3) is 0 Å². The van der Waals surface area contributed by atoms with E-state index in [9.17, 15) is 0 Å². The first-order valence-electron chi connectivity index (χ1n) is 6.44. The monoisotopic (exact) mass is 197 g/mol. The SMILES string of the molecule is CCCCCN(C)C1CCCC(C)C1. The second-order valence-corrected chi connectivity index (χ2v) is 5.11. The van der Waals surface area contributed by atoms with Gasteiger partial charge in [0.1, 0.15) is 0 Å². The molecule has 0 amide bonds. The standard InChI is InChI=1S/C13H27N/c1-4-5-6-10-14(3)13-9-7-8-12(2)11-13/h12-13H,4-11H2,1-3H3. The van der Waals surface area contributed by atoms with Gasteiger partial charge in [-0.3, -0.25) is 0 Å². The zero-order chi connectivity index (χ0) is 10.4. The highest BCUT2D eigenvalue weighted by Gasteiger charge is 2.21. The third-order valence-corrected chi connectivity index (χ3v) is 3.65. The van der Waals surface area contributed by atoms with E-state index >= 15 is 0 Å². The number of nitrogens with zero attached hydrogens (tertiary/aromatic N) is 1. The van der Waals surface area contributed by atoms with Crippen molar-refractivity contribution >= 4 is 0 Å². The minimum atomic E-state index is 0.885. The molecular weight excluding hydrogens is 170 g/mol. The number of unbranched alkanes of at least 4 members (excludes halogenated alkanes) is 2. The van der Waals surface area contributed by atoms with Gasteiger partial charge in [0, 0.05) is 6.04 Å². The fraction of sp³-hybridized carbons (Fsp3) is 1.00. The van der Waals surface area contributed by atoms with Crippen molar-refractivity contribution in [1.29, 1.82) is 0 Å². The van der Waals surface area contributed by atoms with Gasteiger partial charge in [-0.1, -0.05) is 39.5 Å². The molecule has 1 aliphatic carbocycles. The van der Waals surface area contributed by atoms with Gasteiger partial charge in [-0.15, -0.1) is 0 Å². The van der Waals surface area contributed by atoms with E-state index < -0.39 is 0 Å². The zero-order valence-electron chi connectivity index (χ0n) is 10.3. The predicted octanol–water partition coefficient (Wildman–Crippen LogP) is 3.69. The molecule has 0 saturated heterocycles. The van der Waals surface area contributed by atoms with Crippen LogP contribution >= 0.6 is 0 Å². The summed E-state index contributed by atoms with van der Waals surface area (Å²) in [6, 6.07) is 0.885. The van der Waals surface area contributed by atoms with E-state index in [0.717, 1.165) is 12.0 Å². The molecule has 1 heteroatoms. The van der Waals surface area contributed by atoms with Crippen LogP contribution in [0.4, 0.5) is 0 Å². The summed E-state index contributed by atoms with van der Waals surface area (Å²) in [4.78, 5) is 2.60. The first kappa shape index (κ1) is 12.0. The average Bonchev–Trinajstić information content (AvgIpc) is 2.18. The molecule has 0 heterocycles. The highest BCUT2D eigenvalue weighted by Crippen LogP contribution is 2.26. The quantitative estimate of drug-likeness (QED) is 0.608. The Hall–Kier alpha value is -0.0400. The Morgan fingerprint density at radius 2 is 2.00 bits per heavy atom. The summed E-state index contributed by atoms with van der Waals surface area (Å²) < 4.78 is 0. The van der Waals surface area contributed by atoms with Crippen LogP contribution in [-0.4, -0.2) is 24.5 Å². The maximum atomic E-state index is 2.60. The lowest BCUT2D eigenvalue weighted by Gasteiger charge is -2.34. The van der Waals surface area contributed by atoms with Gasteiger partial charge in [0.2, 0.25) is 0 Å². The van der Waals surface area contributed by atoms with E-state index in [1.807, 2.05) is 0 Å². The van der Waals surface area contributed by atoms with Crippen LogP contribution < -0.4 is 0 Å². The molecule has 0 aliphatic heterocycles. The van der Waals surface area contributed by atoms with Gasteiger partial charge < -0.3 is 4.90 Å². The highest BCUT2D eigenvalue weighted by molar-refractivity contribution is 4.76. The van der Waals surface area contributed by atoms with Crippen LogP contribution in [0.15, 0.2) is 0 Å². The normalized spacial score (nSPS) is 28.3. The van der Waals surface area contributed by atoms with E-state index in [1.54, 1.807) is 0 Å². The van der Waals surface area contributed by atoms with Crippen molar-refractivity contribution in [3.8, 4) is 0 Å². The Kier molecular flexibility index (Phi) is 5.54. The second-order valence-electron chi connectivity index (χ2n) is 5.11. The van der Waals surface area contributed by atoms with Gasteiger partial charge in [0.25, 0.3) is 0 Å². The number of hydrogen-bond acceptors (Lipinski definition) is 1. The van der Waals surface area contributed by atoms with Crippen molar-refractivity contribution in [3.05, 3.63) is 0 Å². The molecule has 1 nitrogen and oxygen atoms in total. The lowest BCUT2D eigenvalue weighted by Crippen LogP contribution is -2.36. The van der Waals surface area contributed by atoms with Gasteiger partial charge >= 0.3 is 0 Å². The third kappa shape index (κ3) is 4.00. The highest BCUT2D eigenvalue weighted by atomic mass is 15.1. The maximum Gasteiger partial charge on any atom is 0.00947 e. The molecule has 2 unspecified atom stereocenters. The van der Waals surface area contributed by atoms with Crippen LogP contribution in [-0.2, 0) is 0 Å². The van der Waals surface area contributed by atoms with Gasteiger partial charge in [-0.2, -0.15) is 0 Å². The number of hydrogen-bond donors (Lipinski definition) is 0. The molecule has 0 aromatic rings. The minimum absolute atomic E-state index is 0.885. The Morgan fingerprint density at radius 3 is 2.64 bits per heavy atom. The van der Waals surface area contributed by atoms with Gasteiger partial charge in [-0.05, 0) is 38.8 Å². The predicted molar refractivity (Wildman–Crippen MR) is 63.6 cm³/mol. The topological polar surface area (TPSA) is 3.24 Å². The smallest absolute Gasteiger partial charge is 0.00947 e. The van der Waals surface area contributed by atoms with Gasteiger partial charge in [0.05, 0.1) is 0 Å². The summed E-state index contributed by atoms with van der Waals surface area (Å²) in [5.74, 6) is 0.961. The molecule has 0 N–H and O–H groups in total. The zero-order valence-corrected chi connectivity index (χ0v) is 10.3. The molecule has 2 atom stereocenters. The van der Waals surface area contributed by atoms with Gasteiger partial charge in [-0.25, -0.2) is 0 Å². The van der Waals surface area contributed by atoms with Crippen LogP contribution in [0, 0.1) is 5.92 Å². The summed E-state index contributed by atoms with van der Waals surface area (Å²) in [6.07, 6.45) is 9.90. The van der Waals surface area contributed by atoms with E-state index in [-0.39, 0.29) is 0 Å². The van der Waals surface area contributed by atoms with Crippen molar-refractivity contribution in [2.24, 2.45) is 5.92 Å². The van der Waals surface area contributed by atoms with Crippen molar-refractivity contribution in [1.82, 2.24) is 4.90 Å². The lowest BCUT2D eigenvalue weighted by molar-refractivity contribution is 0.162. The number of rotatable bonds is 5. The maximum absolute atomic E-state index is 2.60. The molecule has 14 heavy (non-hydrogen) atoms. The van der Waals surface area contributed by atoms with Crippen LogP contribution in [0.2, 0.25) is 0 Å². The third-order valence-electron chi connectivity index (χ3n) is 3.65. The molecule has 1 fully saturated rings. The Morgan fingerprint density at radius 1 is 1.21 bits per heavy atom. The summed E-state index contributed by atoms with van der Waals surface area (Å²) in [6.45, 7) is 6.00. The first-order chi connectivity index (χ1) is 6.74. The Balaban J connectivity index is 2.18. The van der Waals surface area contributed by atoms with Crippen molar-refractivity contribution in [2.45, 2.75) is 64.8 Å². The minimum Gasteiger partial charge on any atom is -0.303 e. The van der Waals surface area contributed by atoms with Crippen LogP contribution in [0.1, 0.15) is 58.8 Å². The Bertz CT molecular complexity index is 144. The molecule has 0 bridgehead atoms. The molecule has 1 rings (SSSR count). The fourth-order valence-corrected chi connectivity index (χ4v) is 2.60. The summed E-state index contributed by atoms with van der Waals surface area (Å²) >= 11 is 0. The van der Waals surface area contributed by atoms with Crippen LogP contribution in [0.3, 0.4) is 0 Å². The summed E-state index contributed by atoms with van der Waals surface area (Å²) in [5, 5.41) is 0. The lowest BCUT2D eigenvalue weighted by atomic mass is 9.86. The fourth-order valence-electron chi connectivity index (χ4n) is 2.60. The van der Waals surface area contributed by atoms with Crippen molar-refractivity contribution in [2.75, 3.05) is 13.6 Å². The first-order valence-corrected chi connectivity index (χ1v) is 6.44. The summed E-state index contributed by atoms with van der Waals surface area (Å²) in [7, 11) is 2.32. The largest absolute Gasteiger partial charge is 0.303 e. The van der Waals surface area contributed by atoms with Crippen molar-refractivity contribution in [3.63, 3.8) is 0 Å².